The number of ether oxygens (including phenoxy) is 1. The molecule has 1 aromatic heterocycles. The van der Waals surface area contributed by atoms with Crippen molar-refractivity contribution in [2.75, 3.05) is 6.61 Å². The SMILES string of the molecule is CCOc1ccc(-c2nncnn2)cc1. The average molecular weight is 202 g/mol. The predicted molar refractivity (Wildman–Crippen MR) is 54.2 cm³/mol. The number of benzene rings is 1. The molecule has 0 saturated carbocycles. The van der Waals surface area contributed by atoms with Gasteiger partial charge < -0.3 is 4.74 Å². The maximum Gasteiger partial charge on any atom is 0.203 e. The zero-order valence-corrected chi connectivity index (χ0v) is 8.29. The Hall–Kier alpha value is -2.04. The highest BCUT2D eigenvalue weighted by atomic mass is 16.5. The third-order valence-corrected chi connectivity index (χ3v) is 1.83. The first-order chi connectivity index (χ1) is 7.40. The fourth-order valence-electron chi connectivity index (χ4n) is 1.19. The molecule has 0 amide bonds. The van der Waals surface area contributed by atoms with Crippen LogP contribution < -0.4 is 4.74 Å². The van der Waals surface area contributed by atoms with E-state index in [1.807, 2.05) is 31.2 Å². The van der Waals surface area contributed by atoms with Gasteiger partial charge in [0.1, 0.15) is 5.75 Å². The van der Waals surface area contributed by atoms with Crippen molar-refractivity contribution in [3.8, 4) is 17.1 Å². The Morgan fingerprint density at radius 1 is 1.07 bits per heavy atom. The molecular formula is C10H10N4O. The zero-order valence-electron chi connectivity index (χ0n) is 8.29. The molecule has 0 atom stereocenters. The van der Waals surface area contributed by atoms with E-state index >= 15 is 0 Å². The average Bonchev–Trinajstić information content (AvgIpc) is 2.32. The molecule has 0 radical (unpaired) electrons. The highest BCUT2D eigenvalue weighted by Gasteiger charge is 2.01. The first kappa shape index (κ1) is 9.51. The van der Waals surface area contributed by atoms with Gasteiger partial charge in [0.2, 0.25) is 5.82 Å². The maximum atomic E-state index is 5.32. The Labute approximate surface area is 87.1 Å². The molecule has 0 bridgehead atoms. The van der Waals surface area contributed by atoms with E-state index in [1.165, 1.54) is 6.33 Å². The van der Waals surface area contributed by atoms with Crippen LogP contribution in [0.5, 0.6) is 5.75 Å². The Bertz CT molecular complexity index is 415. The normalized spacial score (nSPS) is 9.93. The molecule has 2 aromatic rings. The standard InChI is InChI=1S/C10H10N4O/c1-2-15-9-5-3-8(4-6-9)10-13-11-7-12-14-10/h3-7H,2H2,1H3. The van der Waals surface area contributed by atoms with Crippen LogP contribution in [-0.2, 0) is 0 Å². The lowest BCUT2D eigenvalue weighted by molar-refractivity contribution is 0.340. The molecule has 1 heterocycles. The Kier molecular flexibility index (Phi) is 2.82. The number of aromatic nitrogens is 4. The minimum atomic E-state index is 0.514. The summed E-state index contributed by atoms with van der Waals surface area (Å²) < 4.78 is 5.32. The van der Waals surface area contributed by atoms with Crippen molar-refractivity contribution in [3.63, 3.8) is 0 Å². The molecule has 1 aromatic carbocycles. The summed E-state index contributed by atoms with van der Waals surface area (Å²) in [7, 11) is 0. The third kappa shape index (κ3) is 2.25. The number of hydrogen-bond acceptors (Lipinski definition) is 5. The van der Waals surface area contributed by atoms with Gasteiger partial charge in [0, 0.05) is 5.56 Å². The highest BCUT2D eigenvalue weighted by Crippen LogP contribution is 2.17. The van der Waals surface area contributed by atoms with Crippen molar-refractivity contribution in [1.82, 2.24) is 20.4 Å². The van der Waals surface area contributed by atoms with Crippen molar-refractivity contribution in [2.24, 2.45) is 0 Å². The monoisotopic (exact) mass is 202 g/mol. The molecule has 0 aliphatic rings. The summed E-state index contributed by atoms with van der Waals surface area (Å²) >= 11 is 0. The lowest BCUT2D eigenvalue weighted by Gasteiger charge is -2.02. The van der Waals surface area contributed by atoms with Gasteiger partial charge in [-0.3, -0.25) is 0 Å². The lowest BCUT2D eigenvalue weighted by atomic mass is 10.2. The molecule has 0 spiro atoms. The molecular weight excluding hydrogens is 192 g/mol. The van der Waals surface area contributed by atoms with Gasteiger partial charge in [0.05, 0.1) is 6.61 Å². The first-order valence-corrected chi connectivity index (χ1v) is 4.63. The molecule has 0 saturated heterocycles. The van der Waals surface area contributed by atoms with E-state index < -0.39 is 0 Å². The van der Waals surface area contributed by atoms with Gasteiger partial charge in [-0.05, 0) is 31.2 Å². The van der Waals surface area contributed by atoms with Crippen molar-refractivity contribution < 1.29 is 4.74 Å². The second-order valence-corrected chi connectivity index (χ2v) is 2.83. The Morgan fingerprint density at radius 2 is 1.73 bits per heavy atom. The van der Waals surface area contributed by atoms with Crippen LogP contribution in [-0.4, -0.2) is 27.0 Å². The van der Waals surface area contributed by atoms with Crippen LogP contribution >= 0.6 is 0 Å². The van der Waals surface area contributed by atoms with Gasteiger partial charge in [-0.2, -0.15) is 0 Å². The van der Waals surface area contributed by atoms with E-state index in [0.29, 0.717) is 12.4 Å². The summed E-state index contributed by atoms with van der Waals surface area (Å²) in [4.78, 5) is 0. The summed E-state index contributed by atoms with van der Waals surface area (Å²) in [6.45, 7) is 2.60. The largest absolute Gasteiger partial charge is 0.494 e. The van der Waals surface area contributed by atoms with E-state index in [2.05, 4.69) is 20.4 Å². The molecule has 0 N–H and O–H groups in total. The fraction of sp³-hybridized carbons (Fsp3) is 0.200. The zero-order chi connectivity index (χ0) is 10.5. The van der Waals surface area contributed by atoms with Gasteiger partial charge in [-0.25, -0.2) is 0 Å². The van der Waals surface area contributed by atoms with Gasteiger partial charge in [0.25, 0.3) is 0 Å². The summed E-state index contributed by atoms with van der Waals surface area (Å²) in [5.41, 5.74) is 0.874. The summed E-state index contributed by atoms with van der Waals surface area (Å²) in [5.74, 6) is 1.35. The third-order valence-electron chi connectivity index (χ3n) is 1.83. The number of rotatable bonds is 3. The van der Waals surface area contributed by atoms with Crippen molar-refractivity contribution in [1.29, 1.82) is 0 Å². The molecule has 0 aliphatic heterocycles. The van der Waals surface area contributed by atoms with E-state index in [0.717, 1.165) is 11.3 Å². The molecule has 76 valence electrons. The topological polar surface area (TPSA) is 60.8 Å². The van der Waals surface area contributed by atoms with Gasteiger partial charge in [-0.15, -0.1) is 20.4 Å². The fourth-order valence-corrected chi connectivity index (χ4v) is 1.19. The van der Waals surface area contributed by atoms with Crippen LogP contribution in [0, 0.1) is 0 Å². The van der Waals surface area contributed by atoms with Crippen LogP contribution in [0.2, 0.25) is 0 Å². The maximum absolute atomic E-state index is 5.32. The molecule has 0 aliphatic carbocycles. The summed E-state index contributed by atoms with van der Waals surface area (Å²) in [6.07, 6.45) is 1.30. The van der Waals surface area contributed by atoms with E-state index in [1.54, 1.807) is 0 Å². The van der Waals surface area contributed by atoms with Crippen molar-refractivity contribution in [2.45, 2.75) is 6.92 Å². The molecule has 15 heavy (non-hydrogen) atoms. The van der Waals surface area contributed by atoms with Crippen LogP contribution in [0.3, 0.4) is 0 Å². The molecule has 0 unspecified atom stereocenters. The van der Waals surface area contributed by atoms with Crippen molar-refractivity contribution in [3.05, 3.63) is 30.6 Å². The van der Waals surface area contributed by atoms with Crippen LogP contribution in [0.4, 0.5) is 0 Å². The minimum absolute atomic E-state index is 0.514. The second-order valence-electron chi connectivity index (χ2n) is 2.83. The van der Waals surface area contributed by atoms with E-state index in [-0.39, 0.29) is 0 Å². The van der Waals surface area contributed by atoms with Gasteiger partial charge in [0.15, 0.2) is 6.33 Å². The van der Waals surface area contributed by atoms with Gasteiger partial charge in [-0.1, -0.05) is 0 Å². The Balaban J connectivity index is 2.24. The molecule has 2 rings (SSSR count). The quantitative estimate of drug-likeness (QED) is 0.751. The van der Waals surface area contributed by atoms with Crippen LogP contribution in [0.25, 0.3) is 11.4 Å². The number of nitrogens with zero attached hydrogens (tertiary/aromatic N) is 4. The molecule has 0 fully saturated rings. The van der Waals surface area contributed by atoms with E-state index in [4.69, 9.17) is 4.74 Å². The highest BCUT2D eigenvalue weighted by molar-refractivity contribution is 5.54. The van der Waals surface area contributed by atoms with E-state index in [9.17, 15) is 0 Å². The van der Waals surface area contributed by atoms with Gasteiger partial charge >= 0.3 is 0 Å². The van der Waals surface area contributed by atoms with Crippen LogP contribution in [0.1, 0.15) is 6.92 Å². The minimum Gasteiger partial charge on any atom is -0.494 e. The van der Waals surface area contributed by atoms with Crippen molar-refractivity contribution >= 4 is 0 Å². The second kappa shape index (κ2) is 4.45. The Morgan fingerprint density at radius 3 is 2.33 bits per heavy atom. The predicted octanol–water partition coefficient (Wildman–Crippen LogP) is 1.33. The lowest BCUT2D eigenvalue weighted by Crippen LogP contribution is -1.94. The first-order valence-electron chi connectivity index (χ1n) is 4.63. The smallest absolute Gasteiger partial charge is 0.203 e. The number of hydrogen-bond donors (Lipinski definition) is 0. The summed E-state index contributed by atoms with van der Waals surface area (Å²) in [5, 5.41) is 15.1. The van der Waals surface area contributed by atoms with Crippen LogP contribution in [0.15, 0.2) is 30.6 Å². The summed E-state index contributed by atoms with van der Waals surface area (Å²) in [6, 6.07) is 7.50. The molecule has 5 nitrogen and oxygen atoms in total. The molecule has 5 heteroatoms.